The molecule has 3 rings (SSSR count). The normalized spacial score (nSPS) is 17.6. The molecule has 1 aliphatic rings. The Hall–Kier alpha value is -1.75. The van der Waals surface area contributed by atoms with E-state index in [1.165, 1.54) is 22.0 Å². The minimum Gasteiger partial charge on any atom is -0.360 e. The van der Waals surface area contributed by atoms with E-state index in [0.717, 1.165) is 23.1 Å². The third-order valence-electron chi connectivity index (χ3n) is 3.56. The van der Waals surface area contributed by atoms with Crippen LogP contribution in [0.1, 0.15) is 38.8 Å². The topological polar surface area (TPSA) is 52.5 Å². The number of nitrogens with zero attached hydrogens (tertiary/aromatic N) is 2. The van der Waals surface area contributed by atoms with Gasteiger partial charge in [0.25, 0.3) is 0 Å². The number of aliphatic imine (C=N–C) groups is 1. The number of aromatic nitrogens is 1. The Morgan fingerprint density at radius 3 is 2.77 bits per heavy atom. The summed E-state index contributed by atoms with van der Waals surface area (Å²) in [7, 11) is 0. The number of benzene rings is 1. The summed E-state index contributed by atoms with van der Waals surface area (Å²) in [5.41, 5.74) is 7.83. The number of nitrogens with one attached hydrogen (secondary N) is 2. The van der Waals surface area contributed by atoms with Gasteiger partial charge in [0.2, 0.25) is 0 Å². The van der Waals surface area contributed by atoms with Crippen LogP contribution in [0.5, 0.6) is 0 Å². The number of para-hydroxylation sites is 1. The van der Waals surface area contributed by atoms with Crippen LogP contribution < -0.4 is 5.43 Å². The SMILES string of the molecule is CCc1cccc2c(C3=NNC(=NC(C)(C)C)SC3)c[nH]c12. The first kappa shape index (κ1) is 15.2. The van der Waals surface area contributed by atoms with Crippen molar-refractivity contribution in [2.45, 2.75) is 39.7 Å². The Morgan fingerprint density at radius 1 is 1.32 bits per heavy atom. The molecule has 2 N–H and O–H groups in total. The number of amidine groups is 1. The molecule has 0 unspecified atom stereocenters. The average Bonchev–Trinajstić information content (AvgIpc) is 2.90. The average molecular weight is 314 g/mol. The number of aryl methyl sites for hydroxylation is 1. The molecule has 0 fully saturated rings. The van der Waals surface area contributed by atoms with Crippen LogP contribution in [0.4, 0.5) is 0 Å². The summed E-state index contributed by atoms with van der Waals surface area (Å²) in [6, 6.07) is 6.45. The molecule has 4 nitrogen and oxygen atoms in total. The van der Waals surface area contributed by atoms with Crippen molar-refractivity contribution in [3.8, 4) is 0 Å². The second kappa shape index (κ2) is 5.80. The molecule has 2 heterocycles. The second-order valence-electron chi connectivity index (χ2n) is 6.44. The Balaban J connectivity index is 1.92. The molecule has 0 spiro atoms. The molecule has 1 aromatic carbocycles. The van der Waals surface area contributed by atoms with Gasteiger partial charge in [-0.2, -0.15) is 5.10 Å². The third kappa shape index (κ3) is 3.04. The van der Waals surface area contributed by atoms with Gasteiger partial charge in [-0.1, -0.05) is 36.9 Å². The summed E-state index contributed by atoms with van der Waals surface area (Å²) in [6.45, 7) is 8.45. The third-order valence-corrected chi connectivity index (χ3v) is 4.44. The molecule has 22 heavy (non-hydrogen) atoms. The maximum Gasteiger partial charge on any atom is 0.178 e. The van der Waals surface area contributed by atoms with E-state index in [1.807, 2.05) is 0 Å². The summed E-state index contributed by atoms with van der Waals surface area (Å²) in [5.74, 6) is 0.839. The first-order valence-electron chi connectivity index (χ1n) is 7.62. The van der Waals surface area contributed by atoms with E-state index < -0.39 is 0 Å². The summed E-state index contributed by atoms with van der Waals surface area (Å²) < 4.78 is 0. The lowest BCUT2D eigenvalue weighted by atomic mass is 10.1. The Kier molecular flexibility index (Phi) is 4.00. The van der Waals surface area contributed by atoms with Gasteiger partial charge in [0.1, 0.15) is 0 Å². The molecule has 0 atom stereocenters. The number of thioether (sulfide) groups is 1. The van der Waals surface area contributed by atoms with E-state index in [2.05, 4.69) is 72.6 Å². The minimum absolute atomic E-state index is 0.0842. The lowest BCUT2D eigenvalue weighted by Gasteiger charge is -2.19. The maximum atomic E-state index is 4.63. The van der Waals surface area contributed by atoms with Crippen molar-refractivity contribution in [3.63, 3.8) is 0 Å². The molecular formula is C17H22N4S. The fourth-order valence-corrected chi connectivity index (χ4v) is 3.51. The fraction of sp³-hybridized carbons (Fsp3) is 0.412. The molecule has 0 bridgehead atoms. The van der Waals surface area contributed by atoms with Gasteiger partial charge in [0.05, 0.1) is 11.3 Å². The molecular weight excluding hydrogens is 292 g/mol. The van der Waals surface area contributed by atoms with Gasteiger partial charge in [-0.25, -0.2) is 0 Å². The van der Waals surface area contributed by atoms with Gasteiger partial charge in [0.15, 0.2) is 5.17 Å². The van der Waals surface area contributed by atoms with E-state index in [1.54, 1.807) is 11.8 Å². The quantitative estimate of drug-likeness (QED) is 0.882. The van der Waals surface area contributed by atoms with Crippen LogP contribution >= 0.6 is 11.8 Å². The van der Waals surface area contributed by atoms with Crippen molar-refractivity contribution in [1.82, 2.24) is 10.4 Å². The summed E-state index contributed by atoms with van der Waals surface area (Å²) in [4.78, 5) is 8.03. The molecule has 116 valence electrons. The molecule has 1 aromatic heterocycles. The van der Waals surface area contributed by atoms with Crippen LogP contribution in [0.2, 0.25) is 0 Å². The zero-order chi connectivity index (χ0) is 15.7. The Bertz CT molecular complexity index is 750. The summed E-state index contributed by atoms with van der Waals surface area (Å²) >= 11 is 1.71. The van der Waals surface area contributed by atoms with Crippen molar-refractivity contribution in [1.29, 1.82) is 0 Å². The van der Waals surface area contributed by atoms with Gasteiger partial charge in [0, 0.05) is 28.4 Å². The van der Waals surface area contributed by atoms with E-state index in [-0.39, 0.29) is 5.54 Å². The zero-order valence-electron chi connectivity index (χ0n) is 13.5. The highest BCUT2D eigenvalue weighted by molar-refractivity contribution is 8.14. The number of hydrazone groups is 1. The largest absolute Gasteiger partial charge is 0.360 e. The fourth-order valence-electron chi connectivity index (χ4n) is 2.57. The van der Waals surface area contributed by atoms with Gasteiger partial charge in [-0.3, -0.25) is 10.4 Å². The highest BCUT2D eigenvalue weighted by Gasteiger charge is 2.18. The van der Waals surface area contributed by atoms with Crippen molar-refractivity contribution >= 4 is 33.5 Å². The molecule has 0 aliphatic carbocycles. The number of rotatable bonds is 2. The molecule has 5 heteroatoms. The van der Waals surface area contributed by atoms with Crippen LogP contribution in [-0.4, -0.2) is 27.2 Å². The van der Waals surface area contributed by atoms with Crippen LogP contribution in [0.15, 0.2) is 34.5 Å². The number of hydrogen-bond acceptors (Lipinski definition) is 3. The van der Waals surface area contributed by atoms with Crippen molar-refractivity contribution in [2.24, 2.45) is 10.1 Å². The van der Waals surface area contributed by atoms with Gasteiger partial charge in [-0.15, -0.1) is 0 Å². The molecule has 2 aromatic rings. The Labute approximate surface area is 135 Å². The van der Waals surface area contributed by atoms with E-state index in [0.29, 0.717) is 0 Å². The predicted molar refractivity (Wildman–Crippen MR) is 97.0 cm³/mol. The lowest BCUT2D eigenvalue weighted by Crippen LogP contribution is -2.28. The molecule has 0 saturated heterocycles. The number of hydrogen-bond donors (Lipinski definition) is 2. The number of aromatic amines is 1. The van der Waals surface area contributed by atoms with Gasteiger partial charge < -0.3 is 4.98 Å². The molecule has 1 aliphatic heterocycles. The van der Waals surface area contributed by atoms with Crippen LogP contribution in [0.3, 0.4) is 0 Å². The number of fused-ring (bicyclic) bond motifs is 1. The predicted octanol–water partition coefficient (Wildman–Crippen LogP) is 3.93. The van der Waals surface area contributed by atoms with Crippen LogP contribution in [-0.2, 0) is 6.42 Å². The van der Waals surface area contributed by atoms with Gasteiger partial charge in [-0.05, 0) is 32.8 Å². The minimum atomic E-state index is -0.0842. The molecule has 0 amide bonds. The van der Waals surface area contributed by atoms with E-state index >= 15 is 0 Å². The van der Waals surface area contributed by atoms with E-state index in [4.69, 9.17) is 0 Å². The summed E-state index contributed by atoms with van der Waals surface area (Å²) in [6.07, 6.45) is 3.09. The second-order valence-corrected chi connectivity index (χ2v) is 7.41. The van der Waals surface area contributed by atoms with Crippen LogP contribution in [0, 0.1) is 0 Å². The smallest absolute Gasteiger partial charge is 0.178 e. The lowest BCUT2D eigenvalue weighted by molar-refractivity contribution is 0.582. The Morgan fingerprint density at radius 2 is 2.14 bits per heavy atom. The van der Waals surface area contributed by atoms with Crippen molar-refractivity contribution in [3.05, 3.63) is 35.5 Å². The summed E-state index contributed by atoms with van der Waals surface area (Å²) in [5, 5.41) is 6.68. The highest BCUT2D eigenvalue weighted by Crippen LogP contribution is 2.25. The van der Waals surface area contributed by atoms with Crippen LogP contribution in [0.25, 0.3) is 10.9 Å². The molecule has 0 radical (unpaired) electrons. The van der Waals surface area contributed by atoms with Gasteiger partial charge >= 0.3 is 0 Å². The highest BCUT2D eigenvalue weighted by atomic mass is 32.2. The number of H-pyrrole nitrogens is 1. The first-order valence-corrected chi connectivity index (χ1v) is 8.61. The maximum absolute atomic E-state index is 4.63. The van der Waals surface area contributed by atoms with E-state index in [9.17, 15) is 0 Å². The standard InChI is InChI=1S/C17H22N4S/c1-5-11-7-6-8-12-13(9-18-15(11)12)14-10-22-16(21-20-14)19-17(2,3)4/h6-9,18H,5,10H2,1-4H3,(H,19,21). The van der Waals surface area contributed by atoms with Crippen molar-refractivity contribution < 1.29 is 0 Å². The first-order chi connectivity index (χ1) is 10.5. The molecule has 0 saturated carbocycles. The van der Waals surface area contributed by atoms with Crippen molar-refractivity contribution in [2.75, 3.05) is 5.75 Å². The zero-order valence-corrected chi connectivity index (χ0v) is 14.3. The monoisotopic (exact) mass is 314 g/mol.